The molecule has 1 N–H and O–H groups in total. The molecule has 1 atom stereocenters. The third-order valence-electron chi connectivity index (χ3n) is 3.87. The van der Waals surface area contributed by atoms with Crippen LogP contribution in [0.1, 0.15) is 24.0 Å². The highest BCUT2D eigenvalue weighted by molar-refractivity contribution is 7.99. The first kappa shape index (κ1) is 13.7. The van der Waals surface area contributed by atoms with Crippen LogP contribution < -0.4 is 5.32 Å². The van der Waals surface area contributed by atoms with Gasteiger partial charge in [0.2, 0.25) is 0 Å². The second-order valence-electron chi connectivity index (χ2n) is 5.21. The van der Waals surface area contributed by atoms with Gasteiger partial charge in [-0.15, -0.1) is 11.8 Å². The zero-order valence-electron chi connectivity index (χ0n) is 11.1. The second-order valence-corrected chi connectivity index (χ2v) is 6.65. The maximum atomic E-state index is 6.42. The Labute approximate surface area is 124 Å². The van der Waals surface area contributed by atoms with Gasteiger partial charge in [-0.05, 0) is 56.0 Å². The van der Waals surface area contributed by atoms with Crippen molar-refractivity contribution < 1.29 is 4.74 Å². The molecule has 1 aromatic carbocycles. The Hall–Kier alpha value is -0.220. The molecule has 2 aliphatic rings. The SMILES string of the molecule is Clc1ccc2c(c1SCC1CCCO1)CCNCC2. The Morgan fingerprint density at radius 1 is 1.32 bits per heavy atom. The third kappa shape index (κ3) is 3.27. The fraction of sp³-hybridized carbons (Fsp3) is 0.600. The molecule has 0 bridgehead atoms. The fourth-order valence-electron chi connectivity index (χ4n) is 2.82. The number of benzene rings is 1. The molecular formula is C15H20ClNOS. The standard InChI is InChI=1S/C15H20ClNOS/c16-14-4-3-11-5-7-17-8-6-13(11)15(14)19-10-12-2-1-9-18-12/h3-4,12,17H,1-2,5-10H2. The van der Waals surface area contributed by atoms with Crippen LogP contribution in [0.2, 0.25) is 5.02 Å². The summed E-state index contributed by atoms with van der Waals surface area (Å²) in [7, 11) is 0. The minimum atomic E-state index is 0.417. The van der Waals surface area contributed by atoms with Gasteiger partial charge in [-0.1, -0.05) is 17.7 Å². The number of hydrogen-bond donors (Lipinski definition) is 1. The third-order valence-corrected chi connectivity index (χ3v) is 5.59. The molecule has 19 heavy (non-hydrogen) atoms. The molecule has 0 aliphatic carbocycles. The van der Waals surface area contributed by atoms with Gasteiger partial charge < -0.3 is 10.1 Å². The number of halogens is 1. The molecule has 0 amide bonds. The Bertz CT molecular complexity index is 446. The quantitative estimate of drug-likeness (QED) is 0.865. The second kappa shape index (κ2) is 6.49. The average Bonchev–Trinajstić information content (AvgIpc) is 2.82. The Morgan fingerprint density at radius 2 is 2.21 bits per heavy atom. The predicted molar refractivity (Wildman–Crippen MR) is 81.4 cm³/mol. The van der Waals surface area contributed by atoms with E-state index in [0.717, 1.165) is 43.3 Å². The van der Waals surface area contributed by atoms with Crippen LogP contribution >= 0.6 is 23.4 Å². The summed E-state index contributed by atoms with van der Waals surface area (Å²) in [6.45, 7) is 3.06. The molecule has 1 unspecified atom stereocenters. The van der Waals surface area contributed by atoms with Crippen molar-refractivity contribution in [3.8, 4) is 0 Å². The van der Waals surface area contributed by atoms with Crippen molar-refractivity contribution in [1.29, 1.82) is 0 Å². The van der Waals surface area contributed by atoms with E-state index in [9.17, 15) is 0 Å². The highest BCUT2D eigenvalue weighted by atomic mass is 35.5. The number of fused-ring (bicyclic) bond motifs is 1. The van der Waals surface area contributed by atoms with Crippen LogP contribution in [-0.4, -0.2) is 31.6 Å². The van der Waals surface area contributed by atoms with E-state index in [-0.39, 0.29) is 0 Å². The van der Waals surface area contributed by atoms with Gasteiger partial charge in [-0.2, -0.15) is 0 Å². The summed E-state index contributed by atoms with van der Waals surface area (Å²) in [5.74, 6) is 1.03. The van der Waals surface area contributed by atoms with Gasteiger partial charge in [-0.3, -0.25) is 0 Å². The molecule has 0 aromatic heterocycles. The lowest BCUT2D eigenvalue weighted by Gasteiger charge is -2.15. The number of hydrogen-bond acceptors (Lipinski definition) is 3. The molecule has 2 nitrogen and oxygen atoms in total. The summed E-state index contributed by atoms with van der Waals surface area (Å²) in [5, 5.41) is 4.37. The van der Waals surface area contributed by atoms with Crippen LogP contribution in [0.15, 0.2) is 17.0 Å². The van der Waals surface area contributed by atoms with Gasteiger partial charge in [0.25, 0.3) is 0 Å². The number of nitrogens with one attached hydrogen (secondary N) is 1. The predicted octanol–water partition coefficient (Wildman–Crippen LogP) is 3.30. The van der Waals surface area contributed by atoms with E-state index >= 15 is 0 Å². The number of ether oxygens (including phenoxy) is 1. The van der Waals surface area contributed by atoms with Crippen molar-refractivity contribution in [3.63, 3.8) is 0 Å². The number of rotatable bonds is 3. The molecule has 1 fully saturated rings. The van der Waals surface area contributed by atoms with Crippen LogP contribution in [0.3, 0.4) is 0 Å². The maximum absolute atomic E-state index is 6.42. The van der Waals surface area contributed by atoms with E-state index in [1.54, 1.807) is 0 Å². The molecule has 2 aliphatic heterocycles. The van der Waals surface area contributed by atoms with E-state index in [2.05, 4.69) is 17.4 Å². The molecule has 104 valence electrons. The van der Waals surface area contributed by atoms with Crippen molar-refractivity contribution in [2.45, 2.75) is 36.7 Å². The molecule has 0 saturated carbocycles. The topological polar surface area (TPSA) is 21.3 Å². The lowest BCUT2D eigenvalue weighted by Crippen LogP contribution is -2.16. The summed E-state index contributed by atoms with van der Waals surface area (Å²) in [4.78, 5) is 1.29. The van der Waals surface area contributed by atoms with E-state index in [1.807, 2.05) is 11.8 Å². The van der Waals surface area contributed by atoms with E-state index in [1.165, 1.54) is 28.9 Å². The van der Waals surface area contributed by atoms with Crippen molar-refractivity contribution in [1.82, 2.24) is 5.32 Å². The summed E-state index contributed by atoms with van der Waals surface area (Å²) in [5.41, 5.74) is 2.92. The molecule has 1 aromatic rings. The summed E-state index contributed by atoms with van der Waals surface area (Å²) in [6, 6.07) is 4.25. The molecule has 0 radical (unpaired) electrons. The van der Waals surface area contributed by atoms with Gasteiger partial charge >= 0.3 is 0 Å². The van der Waals surface area contributed by atoms with Crippen molar-refractivity contribution in [2.24, 2.45) is 0 Å². The summed E-state index contributed by atoms with van der Waals surface area (Å²) < 4.78 is 5.71. The van der Waals surface area contributed by atoms with Crippen LogP contribution in [0.5, 0.6) is 0 Å². The van der Waals surface area contributed by atoms with Crippen molar-refractivity contribution in [2.75, 3.05) is 25.4 Å². The van der Waals surface area contributed by atoms with Gasteiger partial charge in [0.1, 0.15) is 0 Å². The molecule has 4 heteroatoms. The Balaban J connectivity index is 1.78. The van der Waals surface area contributed by atoms with Gasteiger partial charge in [-0.25, -0.2) is 0 Å². The Kier molecular flexibility index (Phi) is 4.69. The summed E-state index contributed by atoms with van der Waals surface area (Å²) >= 11 is 8.30. The lowest BCUT2D eigenvalue weighted by atomic mass is 10.0. The largest absolute Gasteiger partial charge is 0.377 e. The maximum Gasteiger partial charge on any atom is 0.0669 e. The molecular weight excluding hydrogens is 278 g/mol. The van der Waals surface area contributed by atoms with E-state index < -0.39 is 0 Å². The van der Waals surface area contributed by atoms with Gasteiger partial charge in [0.05, 0.1) is 11.1 Å². The minimum Gasteiger partial charge on any atom is -0.377 e. The zero-order chi connectivity index (χ0) is 13.1. The zero-order valence-corrected chi connectivity index (χ0v) is 12.7. The van der Waals surface area contributed by atoms with Crippen molar-refractivity contribution in [3.05, 3.63) is 28.3 Å². The van der Waals surface area contributed by atoms with Crippen molar-refractivity contribution >= 4 is 23.4 Å². The van der Waals surface area contributed by atoms with Crippen LogP contribution in [-0.2, 0) is 17.6 Å². The minimum absolute atomic E-state index is 0.417. The normalized spacial score (nSPS) is 23.1. The lowest BCUT2D eigenvalue weighted by molar-refractivity contribution is 0.129. The van der Waals surface area contributed by atoms with E-state index in [0.29, 0.717) is 6.10 Å². The highest BCUT2D eigenvalue weighted by Gasteiger charge is 2.19. The van der Waals surface area contributed by atoms with Crippen LogP contribution in [0, 0.1) is 0 Å². The molecule has 3 rings (SSSR count). The molecule has 1 saturated heterocycles. The van der Waals surface area contributed by atoms with Gasteiger partial charge in [0, 0.05) is 17.3 Å². The monoisotopic (exact) mass is 297 g/mol. The smallest absolute Gasteiger partial charge is 0.0669 e. The fourth-order valence-corrected chi connectivity index (χ4v) is 4.39. The first-order valence-corrected chi connectivity index (χ1v) is 8.46. The highest BCUT2D eigenvalue weighted by Crippen LogP contribution is 2.35. The summed E-state index contributed by atoms with van der Waals surface area (Å²) in [6.07, 6.45) is 5.02. The van der Waals surface area contributed by atoms with Crippen LogP contribution in [0.25, 0.3) is 0 Å². The van der Waals surface area contributed by atoms with E-state index in [4.69, 9.17) is 16.3 Å². The van der Waals surface area contributed by atoms with Gasteiger partial charge in [0.15, 0.2) is 0 Å². The molecule has 0 spiro atoms. The average molecular weight is 298 g/mol. The number of thioether (sulfide) groups is 1. The first-order chi connectivity index (χ1) is 9.34. The first-order valence-electron chi connectivity index (χ1n) is 7.10. The Morgan fingerprint density at radius 3 is 3.05 bits per heavy atom. The van der Waals surface area contributed by atoms with Crippen LogP contribution in [0.4, 0.5) is 0 Å². The molecule has 2 heterocycles.